The molecule has 2 fully saturated rings. The predicted molar refractivity (Wildman–Crippen MR) is 73.9 cm³/mol. The molecule has 0 bridgehead atoms. The highest BCUT2D eigenvalue weighted by Crippen LogP contribution is 2.29. The van der Waals surface area contributed by atoms with Crippen molar-refractivity contribution >= 4 is 11.6 Å². The van der Waals surface area contributed by atoms with E-state index in [4.69, 9.17) is 16.7 Å². The van der Waals surface area contributed by atoms with Gasteiger partial charge in [-0.3, -0.25) is 9.58 Å². The van der Waals surface area contributed by atoms with Crippen molar-refractivity contribution in [3.05, 3.63) is 18.0 Å². The maximum absolute atomic E-state index is 6.01. The minimum Gasteiger partial charge on any atom is -0.293 e. The summed E-state index contributed by atoms with van der Waals surface area (Å²) >= 11 is 6.01. The van der Waals surface area contributed by atoms with Crippen LogP contribution in [-0.4, -0.2) is 33.1 Å². The molecule has 1 aliphatic carbocycles. The van der Waals surface area contributed by atoms with E-state index in [9.17, 15) is 0 Å². The van der Waals surface area contributed by atoms with Crippen molar-refractivity contribution in [2.45, 2.75) is 57.2 Å². The van der Waals surface area contributed by atoms with Gasteiger partial charge in [-0.1, -0.05) is 12.8 Å². The molecule has 1 aromatic heterocycles. The van der Waals surface area contributed by atoms with Crippen LogP contribution in [0.15, 0.2) is 12.3 Å². The van der Waals surface area contributed by atoms with Gasteiger partial charge >= 0.3 is 0 Å². The fourth-order valence-electron chi connectivity index (χ4n) is 3.32. The second kappa shape index (κ2) is 5.62. The van der Waals surface area contributed by atoms with Crippen molar-refractivity contribution in [3.63, 3.8) is 0 Å². The van der Waals surface area contributed by atoms with Gasteiger partial charge in [0.1, 0.15) is 0 Å². The molecule has 1 aliphatic heterocycles. The lowest BCUT2D eigenvalue weighted by Crippen LogP contribution is -2.30. The Labute approximate surface area is 114 Å². The largest absolute Gasteiger partial charge is 0.293 e. The second-order valence-corrected chi connectivity index (χ2v) is 5.95. The zero-order valence-electron chi connectivity index (χ0n) is 10.9. The minimum atomic E-state index is 0.559. The molecule has 4 heteroatoms. The summed E-state index contributed by atoms with van der Waals surface area (Å²) in [6.07, 6.45) is 10.0. The van der Waals surface area contributed by atoms with Crippen LogP contribution >= 0.6 is 11.6 Å². The van der Waals surface area contributed by atoms with Gasteiger partial charge in [0.25, 0.3) is 0 Å². The molecule has 100 valence electrons. The normalized spacial score (nSPS) is 26.2. The van der Waals surface area contributed by atoms with E-state index in [2.05, 4.69) is 21.8 Å². The summed E-state index contributed by atoms with van der Waals surface area (Å²) < 4.78 is 2.19. The number of nitrogens with zero attached hydrogens (tertiary/aromatic N) is 3. The van der Waals surface area contributed by atoms with Crippen LogP contribution in [0.2, 0.25) is 0 Å². The zero-order chi connectivity index (χ0) is 12.4. The lowest BCUT2D eigenvalue weighted by atomic mass is 10.2. The number of likely N-dealkylation sites (tertiary alicyclic amines) is 1. The van der Waals surface area contributed by atoms with E-state index < -0.39 is 0 Å². The molecule has 2 aliphatic rings. The third kappa shape index (κ3) is 2.57. The highest BCUT2D eigenvalue weighted by molar-refractivity contribution is 6.18. The number of alkyl halides is 1. The molecule has 1 unspecified atom stereocenters. The molecule has 3 rings (SSSR count). The first-order valence-electron chi connectivity index (χ1n) is 7.21. The molecule has 1 aromatic rings. The Morgan fingerprint density at radius 1 is 1.22 bits per heavy atom. The van der Waals surface area contributed by atoms with Crippen molar-refractivity contribution in [2.24, 2.45) is 0 Å². The predicted octanol–water partition coefficient (Wildman–Crippen LogP) is 3.20. The molecular weight excluding hydrogens is 246 g/mol. The standard InChI is InChI=1S/C14H22ClN3/c15-10-14-6-3-8-17(14)11-12-7-9-18(16-12)13-4-1-2-5-13/h7,9,13-14H,1-6,8,10-11H2. The molecule has 18 heavy (non-hydrogen) atoms. The topological polar surface area (TPSA) is 21.1 Å². The summed E-state index contributed by atoms with van der Waals surface area (Å²) in [7, 11) is 0. The van der Waals surface area contributed by atoms with Crippen LogP contribution in [0.25, 0.3) is 0 Å². The summed E-state index contributed by atoms with van der Waals surface area (Å²) in [6, 6.07) is 3.39. The Hall–Kier alpha value is -0.540. The van der Waals surface area contributed by atoms with Crippen LogP contribution in [0.5, 0.6) is 0 Å². The van der Waals surface area contributed by atoms with Crippen LogP contribution in [0.4, 0.5) is 0 Å². The molecule has 0 radical (unpaired) electrons. The van der Waals surface area contributed by atoms with Gasteiger partial charge in [-0.05, 0) is 38.3 Å². The van der Waals surface area contributed by atoms with E-state index in [0.29, 0.717) is 12.1 Å². The Morgan fingerprint density at radius 2 is 2.06 bits per heavy atom. The molecular formula is C14H22ClN3. The molecule has 0 N–H and O–H groups in total. The average molecular weight is 268 g/mol. The first kappa shape index (κ1) is 12.5. The highest BCUT2D eigenvalue weighted by atomic mass is 35.5. The van der Waals surface area contributed by atoms with E-state index in [1.165, 1.54) is 50.8 Å². The molecule has 0 spiro atoms. The van der Waals surface area contributed by atoms with E-state index in [-0.39, 0.29) is 0 Å². The van der Waals surface area contributed by atoms with Crippen molar-refractivity contribution in [3.8, 4) is 0 Å². The number of aromatic nitrogens is 2. The third-order valence-corrected chi connectivity index (χ3v) is 4.76. The smallest absolute Gasteiger partial charge is 0.0765 e. The van der Waals surface area contributed by atoms with E-state index in [1.54, 1.807) is 0 Å². The zero-order valence-corrected chi connectivity index (χ0v) is 11.6. The monoisotopic (exact) mass is 267 g/mol. The Bertz CT molecular complexity index is 384. The Kier molecular flexibility index (Phi) is 3.90. The lowest BCUT2D eigenvalue weighted by molar-refractivity contribution is 0.258. The average Bonchev–Trinajstić information content (AvgIpc) is 3.10. The molecule has 1 saturated heterocycles. The van der Waals surface area contributed by atoms with E-state index >= 15 is 0 Å². The maximum atomic E-state index is 6.01. The SMILES string of the molecule is ClCC1CCCN1Cc1ccn(C2CCCC2)n1. The quantitative estimate of drug-likeness (QED) is 0.781. The molecule has 1 saturated carbocycles. The van der Waals surface area contributed by atoms with Gasteiger partial charge < -0.3 is 0 Å². The minimum absolute atomic E-state index is 0.559. The number of hydrogen-bond acceptors (Lipinski definition) is 2. The van der Waals surface area contributed by atoms with Crippen LogP contribution in [0.3, 0.4) is 0 Å². The second-order valence-electron chi connectivity index (χ2n) is 5.65. The van der Waals surface area contributed by atoms with Gasteiger partial charge in [-0.15, -0.1) is 11.6 Å². The summed E-state index contributed by atoms with van der Waals surface area (Å²) in [5.41, 5.74) is 1.21. The molecule has 0 amide bonds. The van der Waals surface area contributed by atoms with Gasteiger partial charge in [0.05, 0.1) is 11.7 Å². The molecule has 0 aromatic carbocycles. The van der Waals surface area contributed by atoms with Crippen LogP contribution in [0.1, 0.15) is 50.3 Å². The molecule has 1 atom stereocenters. The fourth-order valence-corrected chi connectivity index (χ4v) is 3.67. The maximum Gasteiger partial charge on any atom is 0.0765 e. The van der Waals surface area contributed by atoms with Crippen LogP contribution in [-0.2, 0) is 6.54 Å². The number of hydrogen-bond donors (Lipinski definition) is 0. The third-order valence-electron chi connectivity index (χ3n) is 4.40. The fraction of sp³-hybridized carbons (Fsp3) is 0.786. The van der Waals surface area contributed by atoms with Crippen LogP contribution < -0.4 is 0 Å². The van der Waals surface area contributed by atoms with E-state index in [1.807, 2.05) is 0 Å². The number of rotatable bonds is 4. The molecule has 3 nitrogen and oxygen atoms in total. The summed E-state index contributed by atoms with van der Waals surface area (Å²) in [5, 5.41) is 4.76. The molecule has 2 heterocycles. The summed E-state index contributed by atoms with van der Waals surface area (Å²) in [5.74, 6) is 0.753. The highest BCUT2D eigenvalue weighted by Gasteiger charge is 2.24. The van der Waals surface area contributed by atoms with Crippen LogP contribution in [0, 0.1) is 0 Å². The van der Waals surface area contributed by atoms with Gasteiger partial charge in [-0.25, -0.2) is 0 Å². The lowest BCUT2D eigenvalue weighted by Gasteiger charge is -2.21. The summed E-state index contributed by atoms with van der Waals surface area (Å²) in [6.45, 7) is 2.14. The van der Waals surface area contributed by atoms with Crippen molar-refractivity contribution in [1.29, 1.82) is 0 Å². The summed E-state index contributed by atoms with van der Waals surface area (Å²) in [4.78, 5) is 2.48. The van der Waals surface area contributed by atoms with Gasteiger partial charge in [0.2, 0.25) is 0 Å². The Balaban J connectivity index is 1.62. The van der Waals surface area contributed by atoms with Crippen molar-refractivity contribution in [2.75, 3.05) is 12.4 Å². The van der Waals surface area contributed by atoms with Gasteiger partial charge in [0, 0.05) is 24.7 Å². The first-order valence-corrected chi connectivity index (χ1v) is 7.74. The van der Waals surface area contributed by atoms with Crippen molar-refractivity contribution in [1.82, 2.24) is 14.7 Å². The van der Waals surface area contributed by atoms with Crippen molar-refractivity contribution < 1.29 is 0 Å². The Morgan fingerprint density at radius 3 is 2.83 bits per heavy atom. The first-order chi connectivity index (χ1) is 8.86. The van der Waals surface area contributed by atoms with E-state index in [0.717, 1.165) is 12.4 Å². The number of halogens is 1. The van der Waals surface area contributed by atoms with Gasteiger partial charge in [0.15, 0.2) is 0 Å². The van der Waals surface area contributed by atoms with Gasteiger partial charge in [-0.2, -0.15) is 5.10 Å².